The van der Waals surface area contributed by atoms with Gasteiger partial charge in [-0.3, -0.25) is 0 Å². The molecule has 0 fully saturated rings. The van der Waals surface area contributed by atoms with Crippen LogP contribution in [0.5, 0.6) is 0 Å². The summed E-state index contributed by atoms with van der Waals surface area (Å²) < 4.78 is 8.39. The number of hydrogen-bond donors (Lipinski definition) is 1. The molecule has 4 aromatic heterocycles. The molecule has 0 unspecified atom stereocenters. The summed E-state index contributed by atoms with van der Waals surface area (Å²) in [5.41, 5.74) is 6.51. The van der Waals surface area contributed by atoms with Crippen molar-refractivity contribution < 1.29 is 4.42 Å². The van der Waals surface area contributed by atoms with E-state index in [4.69, 9.17) is 4.42 Å². The van der Waals surface area contributed by atoms with Crippen molar-refractivity contribution in [2.24, 2.45) is 0 Å². The number of rotatable bonds is 2. The van der Waals surface area contributed by atoms with Gasteiger partial charge in [0.05, 0.1) is 11.1 Å². The average Bonchev–Trinajstić information content (AvgIpc) is 3.40. The van der Waals surface area contributed by atoms with Crippen LogP contribution >= 0.6 is 0 Å². The van der Waals surface area contributed by atoms with Crippen molar-refractivity contribution in [3.05, 3.63) is 91.3 Å². The molecule has 0 amide bonds. The number of H-pyrrole nitrogens is 1. The molecule has 0 radical (unpaired) electrons. The predicted molar refractivity (Wildman–Crippen MR) is 110 cm³/mol. The fraction of sp³-hybridized carbons (Fsp3) is 0. The first-order valence-electron chi connectivity index (χ1n) is 9.04. The molecule has 4 heterocycles. The molecule has 0 spiro atoms. The number of para-hydroxylation sites is 2. The lowest BCUT2D eigenvalue weighted by Crippen LogP contribution is -1.80. The Balaban J connectivity index is 1.68. The lowest BCUT2D eigenvalue weighted by atomic mass is 10.1. The first-order chi connectivity index (χ1) is 13.4. The van der Waals surface area contributed by atoms with Crippen molar-refractivity contribution in [1.82, 2.24) is 9.38 Å². The zero-order chi connectivity index (χ0) is 17.8. The van der Waals surface area contributed by atoms with Gasteiger partial charge in [0.1, 0.15) is 11.3 Å². The van der Waals surface area contributed by atoms with E-state index in [2.05, 4.69) is 76.4 Å². The molecule has 0 aliphatic rings. The molecule has 0 saturated heterocycles. The van der Waals surface area contributed by atoms with Gasteiger partial charge in [-0.15, -0.1) is 0 Å². The lowest BCUT2D eigenvalue weighted by Gasteiger charge is -2.00. The van der Waals surface area contributed by atoms with Crippen LogP contribution in [0.2, 0.25) is 0 Å². The minimum atomic E-state index is 0.888. The summed E-state index contributed by atoms with van der Waals surface area (Å²) in [6.45, 7) is 0. The highest BCUT2D eigenvalue weighted by Gasteiger charge is 2.19. The Hall–Kier alpha value is -3.72. The van der Waals surface area contributed by atoms with Crippen molar-refractivity contribution in [3.8, 4) is 22.6 Å². The van der Waals surface area contributed by atoms with E-state index in [1.165, 1.54) is 5.39 Å². The van der Waals surface area contributed by atoms with Crippen LogP contribution < -0.4 is 0 Å². The molecule has 0 aliphatic heterocycles. The molecule has 128 valence electrons. The highest BCUT2D eigenvalue weighted by Crippen LogP contribution is 2.40. The summed E-state index contributed by atoms with van der Waals surface area (Å²) in [6.07, 6.45) is 4.25. The van der Waals surface area contributed by atoms with Crippen LogP contribution in [0.3, 0.4) is 0 Å². The van der Waals surface area contributed by atoms with Crippen LogP contribution in [-0.4, -0.2) is 9.38 Å². The van der Waals surface area contributed by atoms with Gasteiger partial charge in [0, 0.05) is 39.9 Å². The second-order valence-electron chi connectivity index (χ2n) is 6.83. The number of fused-ring (bicyclic) bond motifs is 3. The van der Waals surface area contributed by atoms with Gasteiger partial charge in [-0.1, -0.05) is 42.5 Å². The molecule has 6 aromatic rings. The largest absolute Gasteiger partial charge is 0.456 e. The quantitative estimate of drug-likeness (QED) is 0.381. The zero-order valence-corrected chi connectivity index (χ0v) is 14.5. The van der Waals surface area contributed by atoms with E-state index in [1.807, 2.05) is 24.3 Å². The monoisotopic (exact) mass is 348 g/mol. The molecule has 0 bridgehead atoms. The number of aromatic nitrogens is 2. The number of hydrogen-bond acceptors (Lipinski definition) is 1. The van der Waals surface area contributed by atoms with Crippen molar-refractivity contribution in [1.29, 1.82) is 0 Å². The second-order valence-corrected chi connectivity index (χ2v) is 6.83. The minimum Gasteiger partial charge on any atom is -0.456 e. The van der Waals surface area contributed by atoms with Crippen LogP contribution in [-0.2, 0) is 0 Å². The predicted octanol–water partition coefficient (Wildman–Crippen LogP) is 6.50. The second kappa shape index (κ2) is 5.39. The van der Waals surface area contributed by atoms with E-state index in [-0.39, 0.29) is 0 Å². The van der Waals surface area contributed by atoms with Gasteiger partial charge in [0.25, 0.3) is 0 Å². The molecule has 0 atom stereocenters. The Morgan fingerprint density at radius 1 is 0.778 bits per heavy atom. The summed E-state index contributed by atoms with van der Waals surface area (Å²) >= 11 is 0. The minimum absolute atomic E-state index is 0.888. The number of pyridine rings is 1. The van der Waals surface area contributed by atoms with Gasteiger partial charge in [-0.05, 0) is 36.4 Å². The average molecular weight is 348 g/mol. The normalized spacial score (nSPS) is 11.7. The summed E-state index contributed by atoms with van der Waals surface area (Å²) in [5.74, 6) is 0.888. The first kappa shape index (κ1) is 14.4. The van der Waals surface area contributed by atoms with Crippen LogP contribution in [0.15, 0.2) is 95.7 Å². The van der Waals surface area contributed by atoms with E-state index >= 15 is 0 Å². The number of nitrogens with one attached hydrogen (secondary N) is 1. The first-order valence-corrected chi connectivity index (χ1v) is 9.04. The van der Waals surface area contributed by atoms with Gasteiger partial charge >= 0.3 is 0 Å². The van der Waals surface area contributed by atoms with E-state index in [0.29, 0.717) is 0 Å². The van der Waals surface area contributed by atoms with Crippen molar-refractivity contribution >= 4 is 27.4 Å². The number of benzene rings is 2. The van der Waals surface area contributed by atoms with Crippen LogP contribution in [0.1, 0.15) is 0 Å². The maximum absolute atomic E-state index is 6.23. The van der Waals surface area contributed by atoms with Crippen molar-refractivity contribution in [2.45, 2.75) is 0 Å². The number of furan rings is 1. The summed E-state index contributed by atoms with van der Waals surface area (Å²) in [5, 5.41) is 2.32. The van der Waals surface area contributed by atoms with Crippen molar-refractivity contribution in [3.63, 3.8) is 0 Å². The third kappa shape index (κ3) is 2.15. The highest BCUT2D eigenvalue weighted by atomic mass is 16.3. The Morgan fingerprint density at radius 2 is 1.59 bits per heavy atom. The summed E-state index contributed by atoms with van der Waals surface area (Å²) in [7, 11) is 0. The molecular weight excluding hydrogens is 332 g/mol. The Bertz CT molecular complexity index is 1360. The standard InChI is InChI=1S/C24H16N2O/c1-3-9-19-16(7-1)13-20(25-19)18-15-26-12-6-5-10-21(26)24(18)23-14-17-8-2-4-11-22(17)27-23/h1-15,25H. The van der Waals surface area contributed by atoms with Gasteiger partial charge < -0.3 is 13.8 Å². The smallest absolute Gasteiger partial charge is 0.138 e. The SMILES string of the molecule is c1ccc2[nH]c(-c3cn4ccccc4c3-c3cc4ccccc4o3)cc2c1. The van der Waals surface area contributed by atoms with Gasteiger partial charge in [-0.2, -0.15) is 0 Å². The molecule has 27 heavy (non-hydrogen) atoms. The van der Waals surface area contributed by atoms with Gasteiger partial charge in [-0.25, -0.2) is 0 Å². The molecule has 3 heteroatoms. The number of nitrogens with zero attached hydrogens (tertiary/aromatic N) is 1. The fourth-order valence-corrected chi connectivity index (χ4v) is 3.91. The van der Waals surface area contributed by atoms with Crippen LogP contribution in [0.25, 0.3) is 50.0 Å². The van der Waals surface area contributed by atoms with Crippen LogP contribution in [0, 0.1) is 0 Å². The Labute approximate surface area is 155 Å². The Morgan fingerprint density at radius 3 is 2.48 bits per heavy atom. The van der Waals surface area contributed by atoms with Gasteiger partial charge in [0.2, 0.25) is 0 Å². The third-order valence-corrected chi connectivity index (χ3v) is 5.18. The molecule has 0 saturated carbocycles. The topological polar surface area (TPSA) is 33.3 Å². The molecule has 0 aliphatic carbocycles. The summed E-state index contributed by atoms with van der Waals surface area (Å²) in [4.78, 5) is 3.56. The lowest BCUT2D eigenvalue weighted by molar-refractivity contribution is 0.632. The van der Waals surface area contributed by atoms with E-state index in [1.54, 1.807) is 0 Å². The maximum Gasteiger partial charge on any atom is 0.138 e. The molecule has 3 nitrogen and oxygen atoms in total. The van der Waals surface area contributed by atoms with E-state index < -0.39 is 0 Å². The Kier molecular flexibility index (Phi) is 2.88. The third-order valence-electron chi connectivity index (χ3n) is 5.18. The molecule has 1 N–H and O–H groups in total. The van der Waals surface area contributed by atoms with E-state index in [0.717, 1.165) is 44.6 Å². The molecule has 2 aromatic carbocycles. The fourth-order valence-electron chi connectivity index (χ4n) is 3.91. The zero-order valence-electron chi connectivity index (χ0n) is 14.5. The number of aromatic amines is 1. The van der Waals surface area contributed by atoms with Gasteiger partial charge in [0.15, 0.2) is 0 Å². The highest BCUT2D eigenvalue weighted by molar-refractivity contribution is 5.97. The summed E-state index contributed by atoms with van der Waals surface area (Å²) in [6, 6.07) is 27.1. The molecule has 6 rings (SSSR count). The maximum atomic E-state index is 6.23. The molecular formula is C24H16N2O. The van der Waals surface area contributed by atoms with Crippen LogP contribution in [0.4, 0.5) is 0 Å². The van der Waals surface area contributed by atoms with E-state index in [9.17, 15) is 0 Å². The van der Waals surface area contributed by atoms with Crippen molar-refractivity contribution in [2.75, 3.05) is 0 Å².